The highest BCUT2D eigenvalue weighted by Crippen LogP contribution is 2.49. The molecule has 3 aromatic heterocycles. The Labute approximate surface area is 182 Å². The number of fused-ring (bicyclic) bond motifs is 1. The standard InChI is InChI=1S/C24H27N5S/c1-5-18-14-30-24-27-21(20-10-6-7-11-25-20)22(29(18)24)19-13-16(3)28(17(19)4)23-15(2)9-8-12-26-23/h6-13,18,21-22H,5,14H2,1-4H3/t18-,21-,22-/m1/s1. The molecule has 1 saturated heterocycles. The Morgan fingerprint density at radius 3 is 2.63 bits per heavy atom. The minimum Gasteiger partial charge on any atom is -0.338 e. The Balaban J connectivity index is 1.66. The summed E-state index contributed by atoms with van der Waals surface area (Å²) in [4.78, 5) is 17.1. The van der Waals surface area contributed by atoms with E-state index < -0.39 is 0 Å². The topological polar surface area (TPSA) is 46.3 Å². The van der Waals surface area contributed by atoms with Crippen molar-refractivity contribution in [3.05, 3.63) is 77.0 Å². The van der Waals surface area contributed by atoms with Crippen molar-refractivity contribution in [2.45, 2.75) is 52.2 Å². The summed E-state index contributed by atoms with van der Waals surface area (Å²) in [5.74, 6) is 2.12. The first kappa shape index (κ1) is 19.4. The maximum atomic E-state index is 5.16. The zero-order valence-corrected chi connectivity index (χ0v) is 18.7. The molecule has 6 heteroatoms. The maximum absolute atomic E-state index is 5.16. The van der Waals surface area contributed by atoms with E-state index in [0.717, 1.165) is 23.7 Å². The lowest BCUT2D eigenvalue weighted by Gasteiger charge is -2.32. The molecular weight excluding hydrogens is 390 g/mol. The van der Waals surface area contributed by atoms with Crippen molar-refractivity contribution in [2.24, 2.45) is 4.99 Å². The van der Waals surface area contributed by atoms with Crippen LogP contribution in [0, 0.1) is 20.8 Å². The summed E-state index contributed by atoms with van der Waals surface area (Å²) in [7, 11) is 0. The smallest absolute Gasteiger partial charge is 0.160 e. The van der Waals surface area contributed by atoms with Gasteiger partial charge in [0.1, 0.15) is 11.9 Å². The molecule has 5 nitrogen and oxygen atoms in total. The fraction of sp³-hybridized carbons (Fsp3) is 0.375. The number of aliphatic imine (C=N–C) groups is 1. The fourth-order valence-corrected chi connectivity index (χ4v) is 6.15. The van der Waals surface area contributed by atoms with Crippen molar-refractivity contribution in [3.8, 4) is 5.82 Å². The van der Waals surface area contributed by atoms with Crippen LogP contribution >= 0.6 is 11.8 Å². The molecule has 5 rings (SSSR count). The van der Waals surface area contributed by atoms with Crippen molar-refractivity contribution < 1.29 is 0 Å². The molecule has 2 aliphatic heterocycles. The van der Waals surface area contributed by atoms with Gasteiger partial charge < -0.3 is 9.47 Å². The fourth-order valence-electron chi connectivity index (χ4n) is 4.81. The van der Waals surface area contributed by atoms with E-state index in [4.69, 9.17) is 4.99 Å². The molecule has 0 radical (unpaired) electrons. The van der Waals surface area contributed by atoms with Gasteiger partial charge in [0.15, 0.2) is 5.17 Å². The van der Waals surface area contributed by atoms with Gasteiger partial charge in [0.2, 0.25) is 0 Å². The number of hydrogen-bond donors (Lipinski definition) is 0. The number of aryl methyl sites for hydroxylation is 2. The molecule has 0 N–H and O–H groups in total. The summed E-state index contributed by atoms with van der Waals surface area (Å²) in [5.41, 5.74) is 5.99. The number of nitrogens with zero attached hydrogens (tertiary/aromatic N) is 5. The van der Waals surface area contributed by atoms with Gasteiger partial charge in [-0.3, -0.25) is 9.98 Å². The normalized spacial score (nSPS) is 23.0. The predicted molar refractivity (Wildman–Crippen MR) is 123 cm³/mol. The lowest BCUT2D eigenvalue weighted by molar-refractivity contribution is 0.254. The molecule has 0 aliphatic carbocycles. The van der Waals surface area contributed by atoms with Crippen LogP contribution in [-0.2, 0) is 0 Å². The highest BCUT2D eigenvalue weighted by Gasteiger charge is 2.46. The van der Waals surface area contributed by atoms with Crippen LogP contribution in [0.4, 0.5) is 0 Å². The second kappa shape index (κ2) is 7.58. The maximum Gasteiger partial charge on any atom is 0.160 e. The van der Waals surface area contributed by atoms with Crippen molar-refractivity contribution in [3.63, 3.8) is 0 Å². The van der Waals surface area contributed by atoms with E-state index in [0.29, 0.717) is 6.04 Å². The first-order chi connectivity index (χ1) is 14.6. The van der Waals surface area contributed by atoms with Gasteiger partial charge in [0.05, 0.1) is 11.7 Å². The summed E-state index contributed by atoms with van der Waals surface area (Å²) in [6.45, 7) is 8.79. The zero-order valence-electron chi connectivity index (χ0n) is 17.9. The molecule has 0 unspecified atom stereocenters. The summed E-state index contributed by atoms with van der Waals surface area (Å²) in [6, 6.07) is 13.3. The number of aromatic nitrogens is 3. The van der Waals surface area contributed by atoms with Gasteiger partial charge in [0.25, 0.3) is 0 Å². The van der Waals surface area contributed by atoms with Gasteiger partial charge >= 0.3 is 0 Å². The van der Waals surface area contributed by atoms with Crippen molar-refractivity contribution >= 4 is 16.9 Å². The number of hydrogen-bond acceptors (Lipinski definition) is 5. The summed E-state index contributed by atoms with van der Waals surface area (Å²) in [6.07, 6.45) is 4.87. The van der Waals surface area contributed by atoms with Gasteiger partial charge in [-0.2, -0.15) is 0 Å². The summed E-state index contributed by atoms with van der Waals surface area (Å²) in [5, 5.41) is 1.17. The first-order valence-corrected chi connectivity index (χ1v) is 11.6. The highest BCUT2D eigenvalue weighted by atomic mass is 32.2. The van der Waals surface area contributed by atoms with Gasteiger partial charge in [-0.1, -0.05) is 30.8 Å². The van der Waals surface area contributed by atoms with E-state index in [-0.39, 0.29) is 12.1 Å². The largest absolute Gasteiger partial charge is 0.338 e. The first-order valence-electron chi connectivity index (χ1n) is 10.6. The van der Waals surface area contributed by atoms with E-state index in [2.05, 4.69) is 71.4 Å². The van der Waals surface area contributed by atoms with Gasteiger partial charge in [0, 0.05) is 35.6 Å². The lowest BCUT2D eigenvalue weighted by Crippen LogP contribution is -2.35. The third-order valence-electron chi connectivity index (χ3n) is 6.31. The van der Waals surface area contributed by atoms with Crippen LogP contribution in [0.25, 0.3) is 5.82 Å². The van der Waals surface area contributed by atoms with Crippen LogP contribution < -0.4 is 0 Å². The lowest BCUT2D eigenvalue weighted by atomic mass is 9.95. The van der Waals surface area contributed by atoms with E-state index in [9.17, 15) is 0 Å². The van der Waals surface area contributed by atoms with E-state index in [1.807, 2.05) is 36.3 Å². The molecule has 1 fully saturated rings. The van der Waals surface area contributed by atoms with Crippen LogP contribution in [-0.4, -0.2) is 36.4 Å². The zero-order chi connectivity index (χ0) is 20.8. The van der Waals surface area contributed by atoms with Crippen LogP contribution in [0.2, 0.25) is 0 Å². The van der Waals surface area contributed by atoms with Crippen LogP contribution in [0.3, 0.4) is 0 Å². The molecular formula is C24H27N5S. The molecule has 0 saturated carbocycles. The molecule has 2 aliphatic rings. The molecule has 30 heavy (non-hydrogen) atoms. The average Bonchev–Trinajstić information content (AvgIpc) is 3.41. The third kappa shape index (κ3) is 2.97. The number of pyridine rings is 2. The molecule has 0 bridgehead atoms. The number of thioether (sulfide) groups is 1. The van der Waals surface area contributed by atoms with Crippen molar-refractivity contribution in [1.82, 2.24) is 19.4 Å². The molecule has 0 aromatic carbocycles. The number of amidine groups is 1. The Bertz CT molecular complexity index is 1100. The van der Waals surface area contributed by atoms with Crippen LogP contribution in [0.5, 0.6) is 0 Å². The Hall–Kier alpha value is -2.60. The second-order valence-electron chi connectivity index (χ2n) is 8.14. The predicted octanol–water partition coefficient (Wildman–Crippen LogP) is 5.17. The van der Waals surface area contributed by atoms with Gasteiger partial charge in [-0.05, 0) is 62.6 Å². The second-order valence-corrected chi connectivity index (χ2v) is 9.13. The summed E-state index contributed by atoms with van der Waals surface area (Å²) < 4.78 is 2.29. The van der Waals surface area contributed by atoms with Crippen LogP contribution in [0.15, 0.2) is 53.8 Å². The Morgan fingerprint density at radius 2 is 1.90 bits per heavy atom. The monoisotopic (exact) mass is 417 g/mol. The minimum absolute atomic E-state index is 0.0156. The van der Waals surface area contributed by atoms with Gasteiger partial charge in [-0.25, -0.2) is 4.98 Å². The molecule has 3 aromatic rings. The Morgan fingerprint density at radius 1 is 1.07 bits per heavy atom. The number of rotatable bonds is 4. The molecule has 0 spiro atoms. The Kier molecular flexibility index (Phi) is 4.89. The van der Waals surface area contributed by atoms with E-state index >= 15 is 0 Å². The minimum atomic E-state index is 0.0156. The van der Waals surface area contributed by atoms with E-state index in [1.165, 1.54) is 27.7 Å². The van der Waals surface area contributed by atoms with Crippen LogP contribution in [0.1, 0.15) is 53.6 Å². The van der Waals surface area contributed by atoms with Crippen molar-refractivity contribution in [2.75, 3.05) is 5.75 Å². The molecule has 0 amide bonds. The van der Waals surface area contributed by atoms with E-state index in [1.54, 1.807) is 0 Å². The molecule has 154 valence electrons. The van der Waals surface area contributed by atoms with Crippen molar-refractivity contribution in [1.29, 1.82) is 0 Å². The molecule has 5 heterocycles. The SMILES string of the molecule is CC[C@@H]1CSC2=N[C@H](c3ccccn3)[C@@H](c3cc(C)n(-c4ncccc4C)c3C)N21. The average molecular weight is 418 g/mol. The third-order valence-corrected chi connectivity index (χ3v) is 7.44. The quantitative estimate of drug-likeness (QED) is 0.587. The highest BCUT2D eigenvalue weighted by molar-refractivity contribution is 8.14. The van der Waals surface area contributed by atoms with Gasteiger partial charge in [-0.15, -0.1) is 0 Å². The summed E-state index contributed by atoms with van der Waals surface area (Å²) >= 11 is 1.89. The molecule has 3 atom stereocenters.